The fourth-order valence-corrected chi connectivity index (χ4v) is 3.01. The van der Waals surface area contributed by atoms with E-state index in [4.69, 9.17) is 16.0 Å². The SMILES string of the molecule is Cc1ccc(-c2cnc(C(F)(F)C3CCCC3)o2)c(Cl)n1. The maximum atomic E-state index is 14.3. The van der Waals surface area contributed by atoms with Gasteiger partial charge in [0, 0.05) is 11.6 Å². The Bertz CT molecular complexity index is 651. The van der Waals surface area contributed by atoms with Gasteiger partial charge in [0.05, 0.1) is 11.8 Å². The van der Waals surface area contributed by atoms with Crippen molar-refractivity contribution in [1.29, 1.82) is 0 Å². The van der Waals surface area contributed by atoms with Crippen molar-refractivity contribution in [3.63, 3.8) is 0 Å². The second-order valence-electron chi connectivity index (χ2n) is 5.43. The Morgan fingerprint density at radius 3 is 2.67 bits per heavy atom. The number of aryl methyl sites for hydroxylation is 1. The van der Waals surface area contributed by atoms with Crippen LogP contribution in [0, 0.1) is 12.8 Å². The molecule has 112 valence electrons. The highest BCUT2D eigenvalue weighted by molar-refractivity contribution is 6.32. The van der Waals surface area contributed by atoms with Gasteiger partial charge < -0.3 is 4.42 Å². The zero-order chi connectivity index (χ0) is 15.0. The molecule has 0 aromatic carbocycles. The number of oxazole rings is 1. The molecule has 3 nitrogen and oxygen atoms in total. The monoisotopic (exact) mass is 312 g/mol. The summed E-state index contributed by atoms with van der Waals surface area (Å²) in [4.78, 5) is 7.86. The van der Waals surface area contributed by atoms with Crippen LogP contribution in [0.25, 0.3) is 11.3 Å². The van der Waals surface area contributed by atoms with Crippen LogP contribution in [0.3, 0.4) is 0 Å². The minimum Gasteiger partial charge on any atom is -0.435 e. The molecule has 0 spiro atoms. The minimum absolute atomic E-state index is 0.222. The van der Waals surface area contributed by atoms with Gasteiger partial charge in [-0.1, -0.05) is 24.4 Å². The molecular formula is C15H15ClF2N2O. The van der Waals surface area contributed by atoms with E-state index in [1.165, 1.54) is 6.20 Å². The van der Waals surface area contributed by atoms with Gasteiger partial charge >= 0.3 is 5.92 Å². The predicted octanol–water partition coefficient (Wildman–Crippen LogP) is 4.98. The third-order valence-corrected chi connectivity index (χ3v) is 4.20. The lowest BCUT2D eigenvalue weighted by molar-refractivity contribution is -0.0846. The summed E-state index contributed by atoms with van der Waals surface area (Å²) in [6.45, 7) is 1.80. The summed E-state index contributed by atoms with van der Waals surface area (Å²) >= 11 is 6.03. The molecule has 0 aliphatic heterocycles. The highest BCUT2D eigenvalue weighted by atomic mass is 35.5. The average Bonchev–Trinajstić information content (AvgIpc) is 3.11. The Kier molecular flexibility index (Phi) is 3.69. The molecule has 0 atom stereocenters. The van der Waals surface area contributed by atoms with Gasteiger partial charge in [-0.2, -0.15) is 8.78 Å². The first kappa shape index (κ1) is 14.4. The summed E-state index contributed by atoms with van der Waals surface area (Å²) in [6.07, 6.45) is 3.98. The van der Waals surface area contributed by atoms with Crippen LogP contribution in [0.2, 0.25) is 5.15 Å². The van der Waals surface area contributed by atoms with Crippen LogP contribution in [0.15, 0.2) is 22.7 Å². The summed E-state index contributed by atoms with van der Waals surface area (Å²) in [6, 6.07) is 3.45. The molecule has 21 heavy (non-hydrogen) atoms. The lowest BCUT2D eigenvalue weighted by Crippen LogP contribution is -2.23. The van der Waals surface area contributed by atoms with Crippen LogP contribution in [0.1, 0.15) is 37.3 Å². The maximum absolute atomic E-state index is 14.3. The van der Waals surface area contributed by atoms with Gasteiger partial charge in [-0.3, -0.25) is 0 Å². The second-order valence-corrected chi connectivity index (χ2v) is 5.78. The van der Waals surface area contributed by atoms with Crippen molar-refractivity contribution < 1.29 is 13.2 Å². The Labute approximate surface area is 126 Å². The van der Waals surface area contributed by atoms with Crippen LogP contribution in [-0.4, -0.2) is 9.97 Å². The summed E-state index contributed by atoms with van der Waals surface area (Å²) in [7, 11) is 0. The first-order valence-electron chi connectivity index (χ1n) is 6.96. The molecular weight excluding hydrogens is 298 g/mol. The third kappa shape index (κ3) is 2.67. The zero-order valence-electron chi connectivity index (χ0n) is 11.6. The lowest BCUT2D eigenvalue weighted by atomic mass is 10.00. The molecule has 2 aromatic rings. The largest absolute Gasteiger partial charge is 0.435 e. The van der Waals surface area contributed by atoms with Gasteiger partial charge in [-0.15, -0.1) is 0 Å². The Morgan fingerprint density at radius 1 is 1.29 bits per heavy atom. The molecule has 3 rings (SSSR count). The highest BCUT2D eigenvalue weighted by Crippen LogP contribution is 2.45. The van der Waals surface area contributed by atoms with Crippen LogP contribution in [0.4, 0.5) is 8.78 Å². The number of rotatable bonds is 3. The molecule has 0 unspecified atom stereocenters. The summed E-state index contributed by atoms with van der Waals surface area (Å²) < 4.78 is 34.0. The lowest BCUT2D eigenvalue weighted by Gasteiger charge is -2.19. The molecule has 2 heterocycles. The van der Waals surface area contributed by atoms with Crippen molar-refractivity contribution in [2.45, 2.75) is 38.5 Å². The maximum Gasteiger partial charge on any atom is 0.325 e. The normalized spacial score (nSPS) is 16.6. The fourth-order valence-electron chi connectivity index (χ4n) is 2.72. The predicted molar refractivity (Wildman–Crippen MR) is 75.3 cm³/mol. The van der Waals surface area contributed by atoms with E-state index < -0.39 is 17.7 Å². The smallest absolute Gasteiger partial charge is 0.325 e. The Balaban J connectivity index is 1.92. The molecule has 1 aliphatic rings. The van der Waals surface area contributed by atoms with E-state index in [0.717, 1.165) is 18.5 Å². The number of aromatic nitrogens is 2. The van der Waals surface area contributed by atoms with Crippen molar-refractivity contribution in [2.75, 3.05) is 0 Å². The standard InChI is InChI=1S/C15H15ClF2N2O/c1-9-6-7-11(13(16)20-9)12-8-19-14(21-12)15(17,18)10-4-2-3-5-10/h6-8,10H,2-5H2,1H3. The average molecular weight is 313 g/mol. The highest BCUT2D eigenvalue weighted by Gasteiger charge is 2.46. The van der Waals surface area contributed by atoms with Gasteiger partial charge in [0.15, 0.2) is 5.76 Å². The number of nitrogens with zero attached hydrogens (tertiary/aromatic N) is 2. The first-order valence-corrected chi connectivity index (χ1v) is 7.34. The van der Waals surface area contributed by atoms with E-state index in [9.17, 15) is 8.78 Å². The van der Waals surface area contributed by atoms with Crippen molar-refractivity contribution in [1.82, 2.24) is 9.97 Å². The molecule has 0 saturated heterocycles. The van der Waals surface area contributed by atoms with Crippen LogP contribution in [0.5, 0.6) is 0 Å². The molecule has 0 N–H and O–H groups in total. The quantitative estimate of drug-likeness (QED) is 0.750. The van der Waals surface area contributed by atoms with Gasteiger partial charge in [-0.05, 0) is 31.9 Å². The second kappa shape index (κ2) is 5.37. The number of pyridine rings is 1. The first-order chi connectivity index (χ1) is 9.98. The van der Waals surface area contributed by atoms with Crippen molar-refractivity contribution in [2.24, 2.45) is 5.92 Å². The van der Waals surface area contributed by atoms with Crippen molar-refractivity contribution >= 4 is 11.6 Å². The van der Waals surface area contributed by atoms with E-state index in [2.05, 4.69) is 9.97 Å². The van der Waals surface area contributed by atoms with Gasteiger partial charge in [-0.25, -0.2) is 9.97 Å². The van der Waals surface area contributed by atoms with E-state index in [0.29, 0.717) is 18.4 Å². The molecule has 0 bridgehead atoms. The van der Waals surface area contributed by atoms with E-state index in [1.807, 2.05) is 0 Å². The van der Waals surface area contributed by atoms with Crippen molar-refractivity contribution in [3.8, 4) is 11.3 Å². The molecule has 1 saturated carbocycles. The third-order valence-electron chi connectivity index (χ3n) is 3.91. The molecule has 1 fully saturated rings. The van der Waals surface area contributed by atoms with Gasteiger partial charge in [0.2, 0.25) is 0 Å². The number of halogens is 3. The van der Waals surface area contributed by atoms with Crippen LogP contribution < -0.4 is 0 Å². The van der Waals surface area contributed by atoms with E-state index in [-0.39, 0.29) is 10.9 Å². The van der Waals surface area contributed by atoms with Crippen molar-refractivity contribution in [3.05, 3.63) is 35.1 Å². The Morgan fingerprint density at radius 2 is 2.00 bits per heavy atom. The Hall–Kier alpha value is -1.49. The van der Waals surface area contributed by atoms with Gasteiger partial charge in [0.25, 0.3) is 5.89 Å². The topological polar surface area (TPSA) is 38.9 Å². The molecule has 6 heteroatoms. The molecule has 2 aromatic heterocycles. The molecule has 0 amide bonds. The van der Waals surface area contributed by atoms with Gasteiger partial charge in [0.1, 0.15) is 5.15 Å². The minimum atomic E-state index is -3.03. The molecule has 0 radical (unpaired) electrons. The molecule has 1 aliphatic carbocycles. The number of hydrogen-bond acceptors (Lipinski definition) is 3. The summed E-state index contributed by atoms with van der Waals surface area (Å²) in [5.41, 5.74) is 1.23. The number of hydrogen-bond donors (Lipinski definition) is 0. The zero-order valence-corrected chi connectivity index (χ0v) is 12.3. The van der Waals surface area contributed by atoms with Crippen LogP contribution >= 0.6 is 11.6 Å². The fraction of sp³-hybridized carbons (Fsp3) is 0.467. The summed E-state index contributed by atoms with van der Waals surface area (Å²) in [5.74, 6) is -4.02. The van der Waals surface area contributed by atoms with E-state index in [1.54, 1.807) is 19.1 Å². The number of alkyl halides is 2. The van der Waals surface area contributed by atoms with E-state index >= 15 is 0 Å². The van der Waals surface area contributed by atoms with Crippen LogP contribution in [-0.2, 0) is 5.92 Å². The summed E-state index contributed by atoms with van der Waals surface area (Å²) in [5, 5.41) is 0.224.